The molecular weight excluding hydrogens is 352 g/mol. The third-order valence-electron chi connectivity index (χ3n) is 4.24. The van der Waals surface area contributed by atoms with E-state index in [2.05, 4.69) is 48.5 Å². The fraction of sp³-hybridized carbons (Fsp3) is 0.500. The summed E-state index contributed by atoms with van der Waals surface area (Å²) in [5.41, 5.74) is 1.82. The lowest BCUT2D eigenvalue weighted by atomic mass is 9.81. The van der Waals surface area contributed by atoms with Gasteiger partial charge in [-0.25, -0.2) is 0 Å². The molecule has 0 radical (unpaired) electrons. The van der Waals surface area contributed by atoms with E-state index < -0.39 is 0 Å². The lowest BCUT2D eigenvalue weighted by Crippen LogP contribution is -2.16. The number of aromatic hydroxyl groups is 2. The quantitative estimate of drug-likeness (QED) is 0.657. The van der Waals surface area contributed by atoms with Crippen molar-refractivity contribution in [2.75, 3.05) is 13.7 Å². The summed E-state index contributed by atoms with van der Waals surface area (Å²) in [7, 11) is 1.67. The number of phenolic OH excluding ortho intramolecular Hbond substituents is 2. The summed E-state index contributed by atoms with van der Waals surface area (Å²) < 4.78 is 10.8. The van der Waals surface area contributed by atoms with Crippen LogP contribution in [0, 0.1) is 0 Å². The molecule has 0 heterocycles. The van der Waals surface area contributed by atoms with E-state index in [-0.39, 0.29) is 16.6 Å². The highest BCUT2D eigenvalue weighted by Crippen LogP contribution is 2.40. The van der Waals surface area contributed by atoms with Gasteiger partial charge in [-0.15, -0.1) is 0 Å². The zero-order valence-corrected chi connectivity index (χ0v) is 18.6. The van der Waals surface area contributed by atoms with Gasteiger partial charge in [0.2, 0.25) is 0 Å². The summed E-state index contributed by atoms with van der Waals surface area (Å²) in [6.07, 6.45) is 1.00. The van der Waals surface area contributed by atoms with Gasteiger partial charge in [0, 0.05) is 11.1 Å². The van der Waals surface area contributed by atoms with E-state index in [9.17, 15) is 5.11 Å². The SMILES string of the molecule is CCCOc1ccc(O)cc1.COc1cc(C(C)(C)C)c(O)cc1C(C)(C)C. The molecule has 0 aliphatic rings. The molecule has 0 aliphatic carbocycles. The molecule has 156 valence electrons. The third kappa shape index (κ3) is 6.99. The average Bonchev–Trinajstić information content (AvgIpc) is 2.60. The molecule has 2 aromatic carbocycles. The van der Waals surface area contributed by atoms with Crippen LogP contribution in [0.5, 0.6) is 23.0 Å². The summed E-state index contributed by atoms with van der Waals surface area (Å²) in [5.74, 6) is 2.28. The number of benzene rings is 2. The van der Waals surface area contributed by atoms with E-state index in [4.69, 9.17) is 14.6 Å². The lowest BCUT2D eigenvalue weighted by molar-refractivity contribution is 0.317. The first kappa shape index (κ1) is 23.7. The monoisotopic (exact) mass is 388 g/mol. The smallest absolute Gasteiger partial charge is 0.123 e. The zero-order valence-electron chi connectivity index (χ0n) is 18.6. The molecule has 0 atom stereocenters. The Bertz CT molecular complexity index is 735. The van der Waals surface area contributed by atoms with Crippen molar-refractivity contribution < 1.29 is 19.7 Å². The molecule has 0 fully saturated rings. The molecule has 0 unspecified atom stereocenters. The van der Waals surface area contributed by atoms with Gasteiger partial charge in [0.15, 0.2) is 0 Å². The topological polar surface area (TPSA) is 58.9 Å². The molecule has 0 saturated heterocycles. The van der Waals surface area contributed by atoms with Crippen LogP contribution in [0.25, 0.3) is 0 Å². The molecule has 2 N–H and O–H groups in total. The molecule has 0 amide bonds. The maximum Gasteiger partial charge on any atom is 0.123 e. The maximum absolute atomic E-state index is 10.2. The predicted octanol–water partition coefficient (Wildman–Crippen LogP) is 6.18. The van der Waals surface area contributed by atoms with Gasteiger partial charge in [0.25, 0.3) is 0 Å². The van der Waals surface area contributed by atoms with Crippen LogP contribution in [0.3, 0.4) is 0 Å². The summed E-state index contributed by atoms with van der Waals surface area (Å²) in [6, 6.07) is 10.5. The maximum atomic E-state index is 10.2. The summed E-state index contributed by atoms with van der Waals surface area (Å²) in [5, 5.41) is 19.1. The highest BCUT2D eigenvalue weighted by Gasteiger charge is 2.25. The van der Waals surface area contributed by atoms with Crippen LogP contribution in [0.4, 0.5) is 0 Å². The Morgan fingerprint density at radius 1 is 0.821 bits per heavy atom. The Hall–Kier alpha value is -2.36. The van der Waals surface area contributed by atoms with Crippen molar-refractivity contribution in [2.24, 2.45) is 0 Å². The van der Waals surface area contributed by atoms with Gasteiger partial charge in [0.05, 0.1) is 13.7 Å². The van der Waals surface area contributed by atoms with Crippen LogP contribution < -0.4 is 9.47 Å². The highest BCUT2D eigenvalue weighted by molar-refractivity contribution is 5.50. The number of methoxy groups -OCH3 is 1. The average molecular weight is 389 g/mol. The van der Waals surface area contributed by atoms with Crippen LogP contribution in [0.1, 0.15) is 66.0 Å². The van der Waals surface area contributed by atoms with Crippen LogP contribution in [0.15, 0.2) is 36.4 Å². The molecule has 4 nitrogen and oxygen atoms in total. The van der Waals surface area contributed by atoms with Gasteiger partial charge in [-0.1, -0.05) is 48.5 Å². The van der Waals surface area contributed by atoms with Crippen molar-refractivity contribution >= 4 is 0 Å². The minimum Gasteiger partial charge on any atom is -0.508 e. The number of hydrogen-bond acceptors (Lipinski definition) is 4. The van der Waals surface area contributed by atoms with Crippen molar-refractivity contribution in [1.82, 2.24) is 0 Å². The molecule has 0 aromatic heterocycles. The first-order valence-electron chi connectivity index (χ1n) is 9.74. The van der Waals surface area contributed by atoms with Gasteiger partial charge in [-0.05, 0) is 53.6 Å². The van der Waals surface area contributed by atoms with E-state index in [0.29, 0.717) is 5.75 Å². The highest BCUT2D eigenvalue weighted by atomic mass is 16.5. The molecule has 28 heavy (non-hydrogen) atoms. The first-order chi connectivity index (χ1) is 12.9. The normalized spacial score (nSPS) is 11.4. The fourth-order valence-corrected chi connectivity index (χ4v) is 2.69. The Morgan fingerprint density at radius 2 is 1.36 bits per heavy atom. The Kier molecular flexibility index (Phi) is 8.22. The predicted molar refractivity (Wildman–Crippen MR) is 116 cm³/mol. The first-order valence-corrected chi connectivity index (χ1v) is 9.74. The zero-order chi connectivity index (χ0) is 21.5. The molecule has 0 bridgehead atoms. The third-order valence-corrected chi connectivity index (χ3v) is 4.24. The van der Waals surface area contributed by atoms with Gasteiger partial charge in [-0.3, -0.25) is 0 Å². The molecule has 2 aromatic rings. The Balaban J connectivity index is 0.000000307. The number of phenols is 2. The summed E-state index contributed by atoms with van der Waals surface area (Å²) >= 11 is 0. The van der Waals surface area contributed by atoms with E-state index >= 15 is 0 Å². The lowest BCUT2D eigenvalue weighted by Gasteiger charge is -2.27. The van der Waals surface area contributed by atoms with Gasteiger partial charge in [0.1, 0.15) is 23.0 Å². The van der Waals surface area contributed by atoms with Crippen molar-refractivity contribution in [2.45, 2.75) is 65.7 Å². The van der Waals surface area contributed by atoms with Crippen molar-refractivity contribution in [3.05, 3.63) is 47.5 Å². The minimum absolute atomic E-state index is 0.0424. The standard InChI is InChI=1S/C15H24O2.C9H12O2/c1-14(2,3)10-9-13(17-7)11(8-12(10)16)15(4,5)6;1-2-7-11-9-5-3-8(10)4-6-9/h8-9,16H,1-7H3;3-6,10H,2,7H2,1H3. The van der Waals surface area contributed by atoms with Crippen LogP contribution in [0.2, 0.25) is 0 Å². The Morgan fingerprint density at radius 3 is 1.79 bits per heavy atom. The van der Waals surface area contributed by atoms with E-state index in [1.54, 1.807) is 31.4 Å². The minimum atomic E-state index is -0.0895. The Labute approximate surface area is 170 Å². The largest absolute Gasteiger partial charge is 0.508 e. The van der Waals surface area contributed by atoms with Gasteiger partial charge in [-0.2, -0.15) is 0 Å². The number of hydrogen-bond donors (Lipinski definition) is 2. The van der Waals surface area contributed by atoms with E-state index in [0.717, 1.165) is 35.7 Å². The fourth-order valence-electron chi connectivity index (χ4n) is 2.69. The van der Waals surface area contributed by atoms with Crippen molar-refractivity contribution in [3.8, 4) is 23.0 Å². The van der Waals surface area contributed by atoms with Crippen LogP contribution in [-0.4, -0.2) is 23.9 Å². The van der Waals surface area contributed by atoms with Crippen LogP contribution in [-0.2, 0) is 10.8 Å². The van der Waals surface area contributed by atoms with E-state index in [1.165, 1.54) is 0 Å². The molecule has 4 heteroatoms. The van der Waals surface area contributed by atoms with Gasteiger partial charge < -0.3 is 19.7 Å². The number of rotatable bonds is 4. The second kappa shape index (κ2) is 9.72. The van der Waals surface area contributed by atoms with E-state index in [1.807, 2.05) is 12.1 Å². The molecule has 0 aliphatic heterocycles. The molecule has 0 spiro atoms. The molecular formula is C24H36O4. The van der Waals surface area contributed by atoms with Crippen molar-refractivity contribution in [3.63, 3.8) is 0 Å². The summed E-state index contributed by atoms with van der Waals surface area (Å²) in [6.45, 7) is 15.4. The van der Waals surface area contributed by atoms with Crippen LogP contribution >= 0.6 is 0 Å². The van der Waals surface area contributed by atoms with Gasteiger partial charge >= 0.3 is 0 Å². The van der Waals surface area contributed by atoms with Crippen molar-refractivity contribution in [1.29, 1.82) is 0 Å². The second-order valence-electron chi connectivity index (χ2n) is 8.91. The molecule has 0 saturated carbocycles. The summed E-state index contributed by atoms with van der Waals surface area (Å²) in [4.78, 5) is 0. The number of ether oxygens (including phenoxy) is 2. The second-order valence-corrected chi connectivity index (χ2v) is 8.91. The molecule has 2 rings (SSSR count).